The molecule has 0 radical (unpaired) electrons. The van der Waals surface area contributed by atoms with Gasteiger partial charge in [0.1, 0.15) is 0 Å². The van der Waals surface area contributed by atoms with Crippen LogP contribution < -0.4 is 30.3 Å². The molecule has 0 spiro atoms. The Morgan fingerprint density at radius 1 is 0.718 bits per heavy atom. The van der Waals surface area contributed by atoms with Gasteiger partial charge >= 0.3 is 243 Å². The van der Waals surface area contributed by atoms with E-state index in [2.05, 4.69) is 138 Å². The summed E-state index contributed by atoms with van der Waals surface area (Å²) in [5.41, 5.74) is 9.42. The van der Waals surface area contributed by atoms with E-state index in [4.69, 9.17) is 6.13 Å². The zero-order chi connectivity index (χ0) is 28.9. The van der Waals surface area contributed by atoms with Crippen molar-refractivity contribution in [2.45, 2.75) is 66.2 Å². The molecule has 214 valence electrons. The van der Waals surface area contributed by atoms with Crippen LogP contribution in [0, 0.1) is 13.8 Å². The monoisotopic (exact) mass is 643 g/mol. The number of nitrogens with zero attached hydrogens (tertiary/aromatic N) is 2. The minimum atomic E-state index is -3.25. The number of benzene rings is 3. The van der Waals surface area contributed by atoms with Gasteiger partial charge in [-0.2, -0.15) is 0 Å². The number of para-hydroxylation sites is 1. The van der Waals surface area contributed by atoms with Crippen LogP contribution in [-0.2, 0) is 10.8 Å². The predicted molar refractivity (Wildman–Crippen MR) is 164 cm³/mol. The number of alkyl halides is 2. The average molecular weight is 644 g/mol. The number of fused-ring (bicyclic) bond motifs is 4. The standard InChI is InChI=1S/C34H48IN2O2/c1-23-19-26-25-15-13-14-16-29(25)37(18-17-36(11)12)30-22-24(2)21-28(34(6,7)8)32(30)39-35(9,10)38-31(26)27(20-23)33(3,4)5/h13-16,19-22H,17-18H2,1-12H3/q-1. The number of halogens is 1. The summed E-state index contributed by atoms with van der Waals surface area (Å²) in [4.78, 5) is 9.17. The molecule has 0 aromatic heterocycles. The van der Waals surface area contributed by atoms with Gasteiger partial charge in [0.25, 0.3) is 0 Å². The number of likely N-dealkylation sites (N-methyl/N-ethyl adjacent to an activating group) is 1. The molecule has 0 aliphatic carbocycles. The Labute approximate surface area is 242 Å². The number of anilines is 2. The fourth-order valence-electron chi connectivity index (χ4n) is 5.20. The van der Waals surface area contributed by atoms with Crippen molar-refractivity contribution in [1.29, 1.82) is 0 Å². The maximum atomic E-state index is 7.18. The summed E-state index contributed by atoms with van der Waals surface area (Å²) in [6, 6.07) is 18.0. The summed E-state index contributed by atoms with van der Waals surface area (Å²) in [5.74, 6) is 1.94. The summed E-state index contributed by atoms with van der Waals surface area (Å²) in [7, 11) is 4.28. The zero-order valence-electron chi connectivity index (χ0n) is 26.1. The van der Waals surface area contributed by atoms with E-state index in [1.165, 1.54) is 33.5 Å². The molecule has 3 aromatic rings. The Bertz CT molecular complexity index is 1360. The van der Waals surface area contributed by atoms with E-state index < -0.39 is 19.3 Å². The van der Waals surface area contributed by atoms with Gasteiger partial charge in [-0.15, -0.1) is 0 Å². The van der Waals surface area contributed by atoms with E-state index in [-0.39, 0.29) is 10.8 Å². The molecule has 0 N–H and O–H groups in total. The molecule has 1 aliphatic heterocycles. The average Bonchev–Trinajstić information content (AvgIpc) is 2.79. The Morgan fingerprint density at radius 2 is 1.26 bits per heavy atom. The Hall–Kier alpha value is -2.25. The van der Waals surface area contributed by atoms with Crippen molar-refractivity contribution in [3.05, 3.63) is 70.8 Å². The van der Waals surface area contributed by atoms with Gasteiger partial charge in [0.2, 0.25) is 0 Å². The van der Waals surface area contributed by atoms with Crippen LogP contribution in [0.25, 0.3) is 11.1 Å². The quantitative estimate of drug-likeness (QED) is 0.287. The minimum absolute atomic E-state index is 0.0809. The molecule has 0 bridgehead atoms. The summed E-state index contributed by atoms with van der Waals surface area (Å²) < 4.78 is 14.3. The van der Waals surface area contributed by atoms with E-state index in [9.17, 15) is 0 Å². The normalized spacial score (nSPS) is 16.0. The molecule has 0 saturated carbocycles. The van der Waals surface area contributed by atoms with Gasteiger partial charge in [0.05, 0.1) is 0 Å². The predicted octanol–water partition coefficient (Wildman–Crippen LogP) is 5.29. The first-order chi connectivity index (χ1) is 18.0. The number of hydrogen-bond donors (Lipinski definition) is 0. The molecule has 0 fully saturated rings. The fraction of sp³-hybridized carbons (Fsp3) is 0.471. The third-order valence-electron chi connectivity index (χ3n) is 7.14. The van der Waals surface area contributed by atoms with Crippen molar-refractivity contribution >= 4 is 11.4 Å². The van der Waals surface area contributed by atoms with E-state index in [1.54, 1.807) is 0 Å². The van der Waals surface area contributed by atoms with Crippen molar-refractivity contribution in [2.75, 3.05) is 41.9 Å². The van der Waals surface area contributed by atoms with Crippen LogP contribution in [0.15, 0.2) is 48.5 Å². The third-order valence-corrected chi connectivity index (χ3v) is 10.1. The van der Waals surface area contributed by atoms with E-state index in [0.29, 0.717) is 0 Å². The van der Waals surface area contributed by atoms with Crippen molar-refractivity contribution in [1.82, 2.24) is 4.90 Å². The molecule has 3 aromatic carbocycles. The molecule has 1 aliphatic rings. The Balaban J connectivity index is 2.16. The molecule has 0 unspecified atom stereocenters. The second-order valence-electron chi connectivity index (χ2n) is 13.5. The summed E-state index contributed by atoms with van der Waals surface area (Å²) >= 11 is -3.25. The molecule has 5 heteroatoms. The molecule has 4 rings (SSSR count). The van der Waals surface area contributed by atoms with Crippen molar-refractivity contribution in [2.24, 2.45) is 0 Å². The number of rotatable bonds is 3. The topological polar surface area (TPSA) is 24.9 Å². The molecule has 0 atom stereocenters. The van der Waals surface area contributed by atoms with Crippen molar-refractivity contribution in [3.8, 4) is 22.6 Å². The molecule has 0 amide bonds. The summed E-state index contributed by atoms with van der Waals surface area (Å²) in [5, 5.41) is 0. The number of hydrogen-bond acceptors (Lipinski definition) is 4. The van der Waals surface area contributed by atoms with Crippen LogP contribution >= 0.6 is 0 Å². The number of aryl methyl sites for hydroxylation is 2. The second-order valence-corrected chi connectivity index (χ2v) is 20.5. The van der Waals surface area contributed by atoms with Crippen LogP contribution in [-0.4, -0.2) is 41.9 Å². The van der Waals surface area contributed by atoms with Crippen LogP contribution in [0.4, 0.5) is 11.4 Å². The summed E-state index contributed by atoms with van der Waals surface area (Å²) in [6.07, 6.45) is 0. The Kier molecular flexibility index (Phi) is 8.10. The maximum absolute atomic E-state index is 7.18. The molecule has 1 heterocycles. The van der Waals surface area contributed by atoms with Crippen LogP contribution in [0.3, 0.4) is 0 Å². The van der Waals surface area contributed by atoms with Crippen LogP contribution in [0.5, 0.6) is 11.5 Å². The molecular weight excluding hydrogens is 595 g/mol. The van der Waals surface area contributed by atoms with Gasteiger partial charge in [-0.25, -0.2) is 0 Å². The first kappa shape index (κ1) is 29.7. The van der Waals surface area contributed by atoms with Crippen LogP contribution in [0.1, 0.15) is 63.8 Å². The van der Waals surface area contributed by atoms with Gasteiger partial charge in [0.15, 0.2) is 0 Å². The zero-order valence-corrected chi connectivity index (χ0v) is 28.3. The van der Waals surface area contributed by atoms with Crippen molar-refractivity contribution in [3.63, 3.8) is 0 Å². The SMILES string of the molecule is Cc1cc2c(c(C(C)(C)C)c1)O[I-](C)(C)Oc1c(cc(C)cc1C(C)(C)C)N(CCN(C)C)c1ccccc1-2. The summed E-state index contributed by atoms with van der Waals surface area (Å²) in [6.45, 7) is 19.8. The van der Waals surface area contributed by atoms with Gasteiger partial charge < -0.3 is 0 Å². The molecular formula is C34H48IN2O2-. The third kappa shape index (κ3) is 6.40. The molecule has 0 saturated heterocycles. The molecule has 39 heavy (non-hydrogen) atoms. The van der Waals surface area contributed by atoms with Gasteiger partial charge in [-0.3, -0.25) is 0 Å². The van der Waals surface area contributed by atoms with E-state index >= 15 is 0 Å². The van der Waals surface area contributed by atoms with Gasteiger partial charge in [-0.1, -0.05) is 0 Å². The van der Waals surface area contributed by atoms with Gasteiger partial charge in [0, 0.05) is 0 Å². The van der Waals surface area contributed by atoms with Crippen molar-refractivity contribution < 1.29 is 25.4 Å². The van der Waals surface area contributed by atoms with Gasteiger partial charge in [-0.05, 0) is 0 Å². The first-order valence-corrected chi connectivity index (χ1v) is 19.9. The van der Waals surface area contributed by atoms with Crippen LogP contribution in [0.2, 0.25) is 0 Å². The molecule has 4 nitrogen and oxygen atoms in total. The first-order valence-electron chi connectivity index (χ1n) is 13.8. The Morgan fingerprint density at radius 3 is 1.85 bits per heavy atom. The van der Waals surface area contributed by atoms with E-state index in [1.807, 2.05) is 0 Å². The fourth-order valence-corrected chi connectivity index (χ4v) is 8.35. The van der Waals surface area contributed by atoms with E-state index in [0.717, 1.165) is 35.8 Å². The second kappa shape index (κ2) is 10.6.